The Balaban J connectivity index is 1.12. The van der Waals surface area contributed by atoms with Gasteiger partial charge >= 0.3 is 0 Å². The number of halogens is 2. The molecule has 192 valence electrons. The molecular weight excluding hydrogens is 509 g/mol. The SMILES string of the molecule is Cc1cc2c(nc(CN3CC=C(c4cccc(OCc5ccc(Cl)cc5F)c4)CC3)n2C[C@@H]2CCO2)s1. The maximum absolute atomic E-state index is 14.1. The molecule has 0 saturated carbocycles. The average molecular weight is 538 g/mol. The summed E-state index contributed by atoms with van der Waals surface area (Å²) in [5.74, 6) is 1.50. The lowest BCUT2D eigenvalue weighted by Gasteiger charge is -2.29. The molecule has 0 spiro atoms. The number of fused-ring (bicyclic) bond motifs is 1. The highest BCUT2D eigenvalue weighted by atomic mass is 35.5. The minimum Gasteiger partial charge on any atom is -0.489 e. The number of ether oxygens (including phenoxy) is 2. The molecule has 0 bridgehead atoms. The van der Waals surface area contributed by atoms with E-state index in [0.29, 0.717) is 16.7 Å². The molecule has 4 heterocycles. The van der Waals surface area contributed by atoms with Crippen molar-refractivity contribution in [2.45, 2.75) is 45.6 Å². The molecule has 6 rings (SSSR count). The minimum absolute atomic E-state index is 0.162. The molecule has 1 fully saturated rings. The fraction of sp³-hybridized carbons (Fsp3) is 0.345. The van der Waals surface area contributed by atoms with Crippen molar-refractivity contribution < 1.29 is 13.9 Å². The summed E-state index contributed by atoms with van der Waals surface area (Å²) in [6.07, 6.45) is 4.68. The molecule has 2 aliphatic rings. The van der Waals surface area contributed by atoms with Crippen LogP contribution in [0.1, 0.15) is 34.7 Å². The normalized spacial score (nSPS) is 18.1. The summed E-state index contributed by atoms with van der Waals surface area (Å²) in [6, 6.07) is 14.9. The Kier molecular flexibility index (Phi) is 7.04. The average Bonchev–Trinajstić information content (AvgIpc) is 3.37. The molecule has 1 saturated heterocycles. The fourth-order valence-corrected chi connectivity index (χ4v) is 6.00. The largest absolute Gasteiger partial charge is 0.489 e. The molecule has 0 unspecified atom stereocenters. The predicted molar refractivity (Wildman–Crippen MR) is 147 cm³/mol. The van der Waals surface area contributed by atoms with Gasteiger partial charge in [0.05, 0.1) is 24.7 Å². The van der Waals surface area contributed by atoms with Crippen LogP contribution in [0.4, 0.5) is 4.39 Å². The molecule has 0 aliphatic carbocycles. The zero-order valence-corrected chi connectivity index (χ0v) is 22.3. The van der Waals surface area contributed by atoms with Gasteiger partial charge in [-0.3, -0.25) is 4.90 Å². The standard InChI is InChI=1S/C29H29ClFN3O2S/c1-19-13-27-29(37-19)32-28(34(27)16-25-9-12-35-25)17-33-10-7-20(8-11-33)21-3-2-4-24(14-21)36-18-22-5-6-23(30)15-26(22)31/h2-7,13-15,25H,8-12,16-18H2,1H3/t25-/m0/s1. The number of hydrogen-bond acceptors (Lipinski definition) is 5. The molecule has 0 radical (unpaired) electrons. The van der Waals surface area contributed by atoms with Crippen molar-refractivity contribution in [3.8, 4) is 5.75 Å². The molecule has 1 atom stereocenters. The number of aryl methyl sites for hydroxylation is 1. The van der Waals surface area contributed by atoms with Crippen LogP contribution in [-0.2, 0) is 24.4 Å². The van der Waals surface area contributed by atoms with E-state index in [9.17, 15) is 4.39 Å². The Labute approximate surface area is 225 Å². The van der Waals surface area contributed by atoms with E-state index in [2.05, 4.69) is 34.6 Å². The predicted octanol–water partition coefficient (Wildman–Crippen LogP) is 6.86. The van der Waals surface area contributed by atoms with Crippen molar-refractivity contribution in [1.82, 2.24) is 14.5 Å². The van der Waals surface area contributed by atoms with Gasteiger partial charge in [-0.1, -0.05) is 35.9 Å². The van der Waals surface area contributed by atoms with Crippen molar-refractivity contribution in [2.24, 2.45) is 0 Å². The van der Waals surface area contributed by atoms with Crippen LogP contribution >= 0.6 is 22.9 Å². The Hall–Kier alpha value is -2.71. The van der Waals surface area contributed by atoms with E-state index in [-0.39, 0.29) is 12.4 Å². The lowest BCUT2D eigenvalue weighted by molar-refractivity contribution is -0.0591. The molecule has 2 aromatic carbocycles. The second kappa shape index (κ2) is 10.6. The van der Waals surface area contributed by atoms with Crippen LogP contribution in [0.2, 0.25) is 5.02 Å². The van der Waals surface area contributed by atoms with Crippen LogP contribution in [-0.4, -0.2) is 40.3 Å². The van der Waals surface area contributed by atoms with Crippen LogP contribution in [0, 0.1) is 12.7 Å². The van der Waals surface area contributed by atoms with Gasteiger partial charge in [-0.2, -0.15) is 0 Å². The third kappa shape index (κ3) is 5.46. The van der Waals surface area contributed by atoms with Crippen molar-refractivity contribution in [2.75, 3.05) is 19.7 Å². The molecule has 2 aromatic heterocycles. The lowest BCUT2D eigenvalue weighted by atomic mass is 9.99. The smallest absolute Gasteiger partial charge is 0.142 e. The summed E-state index contributed by atoms with van der Waals surface area (Å²) in [6.45, 7) is 6.71. The summed E-state index contributed by atoms with van der Waals surface area (Å²) in [7, 11) is 0. The molecule has 5 nitrogen and oxygen atoms in total. The van der Waals surface area contributed by atoms with Gasteiger partial charge in [0.25, 0.3) is 0 Å². The van der Waals surface area contributed by atoms with Crippen molar-refractivity contribution in [3.63, 3.8) is 0 Å². The third-order valence-corrected chi connectivity index (χ3v) is 8.27. The maximum atomic E-state index is 14.1. The van der Waals surface area contributed by atoms with E-state index < -0.39 is 0 Å². The molecule has 37 heavy (non-hydrogen) atoms. The van der Waals surface area contributed by atoms with Crippen molar-refractivity contribution in [1.29, 1.82) is 0 Å². The second-order valence-electron chi connectivity index (χ2n) is 9.73. The number of rotatable bonds is 8. The van der Waals surface area contributed by atoms with Gasteiger partial charge in [0.2, 0.25) is 0 Å². The van der Waals surface area contributed by atoms with E-state index >= 15 is 0 Å². The van der Waals surface area contributed by atoms with E-state index in [1.54, 1.807) is 23.5 Å². The highest BCUT2D eigenvalue weighted by molar-refractivity contribution is 7.18. The van der Waals surface area contributed by atoms with Gasteiger partial charge in [0.1, 0.15) is 28.8 Å². The van der Waals surface area contributed by atoms with Gasteiger partial charge in [0, 0.05) is 35.2 Å². The van der Waals surface area contributed by atoms with Crippen molar-refractivity contribution >= 4 is 38.9 Å². The summed E-state index contributed by atoms with van der Waals surface area (Å²) < 4.78 is 28.1. The van der Waals surface area contributed by atoms with Gasteiger partial charge in [0.15, 0.2) is 0 Å². The Morgan fingerprint density at radius 2 is 2.11 bits per heavy atom. The zero-order valence-electron chi connectivity index (χ0n) is 20.8. The third-order valence-electron chi connectivity index (χ3n) is 7.10. The van der Waals surface area contributed by atoms with E-state index in [4.69, 9.17) is 26.1 Å². The van der Waals surface area contributed by atoms with E-state index in [0.717, 1.165) is 67.6 Å². The molecule has 0 amide bonds. The Bertz CT molecular complexity index is 1460. The lowest BCUT2D eigenvalue weighted by Crippen LogP contribution is -2.33. The van der Waals surface area contributed by atoms with Crippen LogP contribution in [0.3, 0.4) is 0 Å². The Morgan fingerprint density at radius 3 is 2.86 bits per heavy atom. The highest BCUT2D eigenvalue weighted by Crippen LogP contribution is 2.30. The first-order chi connectivity index (χ1) is 18.0. The number of thiophene rings is 1. The summed E-state index contributed by atoms with van der Waals surface area (Å²) in [5, 5.41) is 0.382. The quantitative estimate of drug-likeness (QED) is 0.246. The van der Waals surface area contributed by atoms with Gasteiger partial charge in [-0.05, 0) is 61.2 Å². The summed E-state index contributed by atoms with van der Waals surface area (Å²) in [5.41, 5.74) is 4.17. The van der Waals surface area contributed by atoms with E-state index in [1.165, 1.54) is 22.0 Å². The number of hydrogen-bond donors (Lipinski definition) is 0. The number of nitrogens with zero attached hydrogens (tertiary/aromatic N) is 3. The molecule has 0 N–H and O–H groups in total. The molecule has 4 aromatic rings. The number of imidazole rings is 1. The van der Waals surface area contributed by atoms with Crippen LogP contribution < -0.4 is 4.74 Å². The van der Waals surface area contributed by atoms with E-state index in [1.807, 2.05) is 18.2 Å². The van der Waals surface area contributed by atoms with Crippen LogP contribution in [0.15, 0.2) is 54.6 Å². The topological polar surface area (TPSA) is 39.5 Å². The molecule has 2 aliphatic heterocycles. The highest BCUT2D eigenvalue weighted by Gasteiger charge is 2.24. The minimum atomic E-state index is -0.352. The summed E-state index contributed by atoms with van der Waals surface area (Å²) in [4.78, 5) is 9.86. The van der Waals surface area contributed by atoms with Gasteiger partial charge < -0.3 is 14.0 Å². The van der Waals surface area contributed by atoms with Crippen LogP contribution in [0.5, 0.6) is 5.75 Å². The monoisotopic (exact) mass is 537 g/mol. The molecule has 8 heteroatoms. The number of benzene rings is 2. The number of aromatic nitrogens is 2. The van der Waals surface area contributed by atoms with Gasteiger partial charge in [-0.25, -0.2) is 9.37 Å². The molecular formula is C29H29ClFN3O2S. The first kappa shape index (κ1) is 24.6. The van der Waals surface area contributed by atoms with Crippen molar-refractivity contribution in [3.05, 3.63) is 87.3 Å². The first-order valence-electron chi connectivity index (χ1n) is 12.7. The summed E-state index contributed by atoms with van der Waals surface area (Å²) >= 11 is 7.61. The van der Waals surface area contributed by atoms with Crippen LogP contribution in [0.25, 0.3) is 15.9 Å². The maximum Gasteiger partial charge on any atom is 0.142 e. The second-order valence-corrected chi connectivity index (χ2v) is 11.4. The zero-order chi connectivity index (χ0) is 25.4. The first-order valence-corrected chi connectivity index (χ1v) is 13.9. The Morgan fingerprint density at radius 1 is 1.22 bits per heavy atom. The fourth-order valence-electron chi connectivity index (χ4n) is 4.94. The van der Waals surface area contributed by atoms with Gasteiger partial charge in [-0.15, -0.1) is 11.3 Å².